The van der Waals surface area contributed by atoms with Crippen LogP contribution < -0.4 is 10.6 Å². The highest BCUT2D eigenvalue weighted by Gasteiger charge is 2.20. The predicted molar refractivity (Wildman–Crippen MR) is 115 cm³/mol. The van der Waals surface area contributed by atoms with E-state index in [-0.39, 0.29) is 23.2 Å². The molecule has 6 heteroatoms. The second-order valence-corrected chi connectivity index (χ2v) is 6.88. The molecule has 0 fully saturated rings. The Morgan fingerprint density at radius 2 is 1.57 bits per heavy atom. The molecule has 30 heavy (non-hydrogen) atoms. The van der Waals surface area contributed by atoms with Crippen LogP contribution >= 0.6 is 0 Å². The third kappa shape index (κ3) is 4.22. The number of rotatable bonds is 6. The zero-order chi connectivity index (χ0) is 20.9. The summed E-state index contributed by atoms with van der Waals surface area (Å²) in [4.78, 5) is 28.5. The summed E-state index contributed by atoms with van der Waals surface area (Å²) < 4.78 is 13.9. The van der Waals surface area contributed by atoms with Gasteiger partial charge in [-0.1, -0.05) is 48.5 Å². The first-order valence-corrected chi connectivity index (χ1v) is 9.61. The van der Waals surface area contributed by atoms with E-state index >= 15 is 0 Å². The quantitative estimate of drug-likeness (QED) is 0.444. The topological polar surface area (TPSA) is 74.0 Å². The summed E-state index contributed by atoms with van der Waals surface area (Å²) in [5.74, 6) is -1.20. The van der Waals surface area contributed by atoms with Gasteiger partial charge in [-0.15, -0.1) is 0 Å². The van der Waals surface area contributed by atoms with Gasteiger partial charge in [0, 0.05) is 23.0 Å². The zero-order valence-electron chi connectivity index (χ0n) is 16.1. The van der Waals surface area contributed by atoms with Crippen molar-refractivity contribution < 1.29 is 14.0 Å². The maximum atomic E-state index is 13.9. The molecular formula is C24H20FN3O2. The standard InChI is InChI=1S/C24H20FN3O2/c25-18-11-12-20-19(15-18)21(28-23(29)17-9-5-2-6-10-17)22(27-20)24(30)26-14-13-16-7-3-1-4-8-16/h1-12,15,27H,13-14H2,(H,26,30)(H,28,29). The fourth-order valence-corrected chi connectivity index (χ4v) is 3.29. The van der Waals surface area contributed by atoms with Crippen molar-refractivity contribution >= 4 is 28.4 Å². The number of carbonyl (C=O) groups excluding carboxylic acids is 2. The van der Waals surface area contributed by atoms with E-state index in [0.29, 0.717) is 29.4 Å². The highest BCUT2D eigenvalue weighted by molar-refractivity contribution is 6.15. The zero-order valence-corrected chi connectivity index (χ0v) is 16.1. The van der Waals surface area contributed by atoms with Crippen molar-refractivity contribution in [3.8, 4) is 0 Å². The Morgan fingerprint density at radius 1 is 0.867 bits per heavy atom. The lowest BCUT2D eigenvalue weighted by Gasteiger charge is -2.09. The van der Waals surface area contributed by atoms with Crippen molar-refractivity contribution in [2.45, 2.75) is 6.42 Å². The number of hydrogen-bond acceptors (Lipinski definition) is 2. The number of fused-ring (bicyclic) bond motifs is 1. The summed E-state index contributed by atoms with van der Waals surface area (Å²) in [7, 11) is 0. The van der Waals surface area contributed by atoms with Crippen molar-refractivity contribution in [3.63, 3.8) is 0 Å². The minimum Gasteiger partial charge on any atom is -0.350 e. The SMILES string of the molecule is O=C(Nc1c(C(=O)NCCc2ccccc2)[nH]c2ccc(F)cc12)c1ccccc1. The summed E-state index contributed by atoms with van der Waals surface area (Å²) in [6.07, 6.45) is 0.674. The first kappa shape index (κ1) is 19.4. The van der Waals surface area contributed by atoms with E-state index in [2.05, 4.69) is 15.6 Å². The Bertz CT molecular complexity index is 1190. The number of benzene rings is 3. The summed E-state index contributed by atoms with van der Waals surface area (Å²) >= 11 is 0. The average molecular weight is 401 g/mol. The fraction of sp³-hybridized carbons (Fsp3) is 0.0833. The van der Waals surface area contributed by atoms with Crippen molar-refractivity contribution in [2.75, 3.05) is 11.9 Å². The second kappa shape index (κ2) is 8.61. The minimum absolute atomic E-state index is 0.188. The van der Waals surface area contributed by atoms with Crippen molar-refractivity contribution in [1.82, 2.24) is 10.3 Å². The van der Waals surface area contributed by atoms with Gasteiger partial charge in [0.15, 0.2) is 0 Å². The fourth-order valence-electron chi connectivity index (χ4n) is 3.29. The molecular weight excluding hydrogens is 381 g/mol. The van der Waals surface area contributed by atoms with E-state index in [9.17, 15) is 14.0 Å². The number of aromatic nitrogens is 1. The van der Waals surface area contributed by atoms with Gasteiger partial charge in [0.25, 0.3) is 11.8 Å². The van der Waals surface area contributed by atoms with Crippen LogP contribution in [0, 0.1) is 5.82 Å². The van der Waals surface area contributed by atoms with E-state index in [1.54, 1.807) is 30.3 Å². The van der Waals surface area contributed by atoms with Crippen LogP contribution in [0.25, 0.3) is 10.9 Å². The molecule has 4 rings (SSSR count). The smallest absolute Gasteiger partial charge is 0.269 e. The Morgan fingerprint density at radius 3 is 2.30 bits per heavy atom. The van der Waals surface area contributed by atoms with E-state index in [0.717, 1.165) is 5.56 Å². The van der Waals surface area contributed by atoms with Gasteiger partial charge >= 0.3 is 0 Å². The van der Waals surface area contributed by atoms with Crippen LogP contribution in [0.1, 0.15) is 26.4 Å². The van der Waals surface area contributed by atoms with Gasteiger partial charge in [0.1, 0.15) is 11.5 Å². The number of aromatic amines is 1. The summed E-state index contributed by atoms with van der Waals surface area (Å²) in [5, 5.41) is 6.07. The second-order valence-electron chi connectivity index (χ2n) is 6.88. The first-order chi connectivity index (χ1) is 14.6. The number of carbonyl (C=O) groups is 2. The number of nitrogens with one attached hydrogen (secondary N) is 3. The third-order valence-electron chi connectivity index (χ3n) is 4.80. The summed E-state index contributed by atoms with van der Waals surface area (Å²) in [6, 6.07) is 22.6. The monoisotopic (exact) mass is 401 g/mol. The number of halogens is 1. The molecule has 0 aliphatic heterocycles. The van der Waals surface area contributed by atoms with Gasteiger partial charge in [-0.05, 0) is 42.3 Å². The molecule has 0 saturated heterocycles. The van der Waals surface area contributed by atoms with Crippen LogP contribution in [0.2, 0.25) is 0 Å². The third-order valence-corrected chi connectivity index (χ3v) is 4.80. The van der Waals surface area contributed by atoms with Crippen molar-refractivity contribution in [3.05, 3.63) is 102 Å². The maximum absolute atomic E-state index is 13.9. The van der Waals surface area contributed by atoms with Gasteiger partial charge in [-0.25, -0.2) is 4.39 Å². The molecule has 5 nitrogen and oxygen atoms in total. The molecule has 0 aliphatic carbocycles. The van der Waals surface area contributed by atoms with Gasteiger partial charge in [0.2, 0.25) is 0 Å². The lowest BCUT2D eigenvalue weighted by Crippen LogP contribution is -2.27. The molecule has 0 atom stereocenters. The van der Waals surface area contributed by atoms with E-state index in [1.165, 1.54) is 12.1 Å². The molecule has 3 N–H and O–H groups in total. The lowest BCUT2D eigenvalue weighted by molar-refractivity contribution is 0.0951. The van der Waals surface area contributed by atoms with Crippen LogP contribution in [0.15, 0.2) is 78.9 Å². The Kier molecular flexibility index (Phi) is 5.57. The summed E-state index contributed by atoms with van der Waals surface area (Å²) in [6.45, 7) is 0.429. The molecule has 1 heterocycles. The Labute approximate surface area is 172 Å². The molecule has 0 saturated carbocycles. The molecule has 3 aromatic carbocycles. The van der Waals surface area contributed by atoms with Crippen LogP contribution in [-0.4, -0.2) is 23.3 Å². The van der Waals surface area contributed by atoms with Crippen LogP contribution in [0.3, 0.4) is 0 Å². The van der Waals surface area contributed by atoms with E-state index in [1.807, 2.05) is 36.4 Å². The normalized spacial score (nSPS) is 10.7. The van der Waals surface area contributed by atoms with Gasteiger partial charge in [-0.3, -0.25) is 9.59 Å². The number of amides is 2. The van der Waals surface area contributed by atoms with Crippen LogP contribution in [0.5, 0.6) is 0 Å². The summed E-state index contributed by atoms with van der Waals surface area (Å²) in [5.41, 5.74) is 2.56. The lowest BCUT2D eigenvalue weighted by atomic mass is 10.1. The Balaban J connectivity index is 1.59. The molecule has 2 amide bonds. The first-order valence-electron chi connectivity index (χ1n) is 9.61. The largest absolute Gasteiger partial charge is 0.350 e. The number of hydrogen-bond donors (Lipinski definition) is 3. The molecule has 0 radical (unpaired) electrons. The average Bonchev–Trinajstić information content (AvgIpc) is 3.12. The van der Waals surface area contributed by atoms with Gasteiger partial charge in [-0.2, -0.15) is 0 Å². The molecule has 4 aromatic rings. The number of anilines is 1. The minimum atomic E-state index is -0.451. The molecule has 150 valence electrons. The predicted octanol–water partition coefficient (Wildman–Crippen LogP) is 4.53. The molecule has 0 unspecified atom stereocenters. The highest BCUT2D eigenvalue weighted by Crippen LogP contribution is 2.29. The molecule has 0 aliphatic rings. The maximum Gasteiger partial charge on any atom is 0.269 e. The van der Waals surface area contributed by atoms with Gasteiger partial charge < -0.3 is 15.6 Å². The van der Waals surface area contributed by atoms with E-state index < -0.39 is 5.82 Å². The number of H-pyrrole nitrogens is 1. The van der Waals surface area contributed by atoms with Crippen molar-refractivity contribution in [2.24, 2.45) is 0 Å². The highest BCUT2D eigenvalue weighted by atomic mass is 19.1. The molecule has 1 aromatic heterocycles. The van der Waals surface area contributed by atoms with Crippen LogP contribution in [-0.2, 0) is 6.42 Å². The van der Waals surface area contributed by atoms with Crippen LogP contribution in [0.4, 0.5) is 10.1 Å². The molecule has 0 spiro atoms. The Hall–Kier alpha value is -3.93. The van der Waals surface area contributed by atoms with E-state index in [4.69, 9.17) is 0 Å². The van der Waals surface area contributed by atoms with Gasteiger partial charge in [0.05, 0.1) is 5.69 Å². The molecule has 0 bridgehead atoms. The van der Waals surface area contributed by atoms with Crippen molar-refractivity contribution in [1.29, 1.82) is 0 Å².